The fourth-order valence-corrected chi connectivity index (χ4v) is 1.32. The predicted octanol–water partition coefficient (Wildman–Crippen LogP) is 3.33. The fourth-order valence-electron chi connectivity index (χ4n) is 0.850. The minimum Gasteiger partial charge on any atom is -0.244 e. The Bertz CT molecular complexity index is 256. The van der Waals surface area contributed by atoms with Gasteiger partial charge in [0.1, 0.15) is 5.15 Å². The molecule has 1 nitrogen and oxygen atoms in total. The number of thioether (sulfide) groups is 1. The van der Waals surface area contributed by atoms with Crippen molar-refractivity contribution in [3.8, 4) is 0 Å². The van der Waals surface area contributed by atoms with Crippen LogP contribution in [0.4, 0.5) is 0 Å². The zero-order valence-corrected chi connectivity index (χ0v) is 9.04. The lowest BCUT2D eigenvalue weighted by molar-refractivity contribution is 0.779. The molecule has 0 bridgehead atoms. The van der Waals surface area contributed by atoms with Crippen molar-refractivity contribution < 1.29 is 0 Å². The summed E-state index contributed by atoms with van der Waals surface area (Å²) in [5, 5.41) is 0.552. The van der Waals surface area contributed by atoms with E-state index in [0.29, 0.717) is 5.15 Å². The molecule has 1 aromatic heterocycles. The first-order valence-electron chi connectivity index (χ1n) is 3.73. The molecular weight excluding hydrogens is 190 g/mol. The smallest absolute Gasteiger partial charge is 0.129 e. The largest absolute Gasteiger partial charge is 0.244 e. The van der Waals surface area contributed by atoms with Gasteiger partial charge in [-0.1, -0.05) is 17.7 Å². The Labute approximate surface area is 82.5 Å². The molecule has 0 aliphatic rings. The second kappa shape index (κ2) is 3.67. The molecule has 0 radical (unpaired) electrons. The zero-order valence-electron chi connectivity index (χ0n) is 7.47. The van der Waals surface area contributed by atoms with Gasteiger partial charge in [-0.15, -0.1) is 0 Å². The molecule has 0 N–H and O–H groups in total. The van der Waals surface area contributed by atoms with E-state index in [9.17, 15) is 0 Å². The highest BCUT2D eigenvalue weighted by molar-refractivity contribution is 7.99. The molecule has 1 heterocycles. The molecule has 0 saturated heterocycles. The van der Waals surface area contributed by atoms with Gasteiger partial charge in [-0.25, -0.2) is 4.98 Å². The minimum atomic E-state index is 0.123. The van der Waals surface area contributed by atoms with Crippen molar-refractivity contribution in [2.45, 2.75) is 18.6 Å². The zero-order chi connectivity index (χ0) is 9.19. The van der Waals surface area contributed by atoms with Crippen LogP contribution in [0.5, 0.6) is 0 Å². The average Bonchev–Trinajstić information content (AvgIpc) is 2.05. The summed E-state index contributed by atoms with van der Waals surface area (Å²) < 4.78 is 0.123. The maximum absolute atomic E-state index is 5.69. The lowest BCUT2D eigenvalue weighted by Crippen LogP contribution is -2.11. The first kappa shape index (κ1) is 9.87. The van der Waals surface area contributed by atoms with Gasteiger partial charge in [0.05, 0.1) is 0 Å². The maximum atomic E-state index is 5.69. The predicted molar refractivity (Wildman–Crippen MR) is 55.8 cm³/mol. The summed E-state index contributed by atoms with van der Waals surface area (Å²) in [7, 11) is 0. The Hall–Kier alpha value is -0.210. The van der Waals surface area contributed by atoms with Gasteiger partial charge in [0.2, 0.25) is 0 Å². The van der Waals surface area contributed by atoms with Gasteiger partial charge in [0.15, 0.2) is 0 Å². The lowest BCUT2D eigenvalue weighted by atomic mass is 10.1. The molecule has 0 aliphatic carbocycles. The topological polar surface area (TPSA) is 12.9 Å². The Kier molecular flexibility index (Phi) is 3.02. The number of nitrogens with zero attached hydrogens (tertiary/aromatic N) is 1. The Morgan fingerprint density at radius 2 is 2.08 bits per heavy atom. The van der Waals surface area contributed by atoms with Crippen LogP contribution < -0.4 is 0 Å². The van der Waals surface area contributed by atoms with Gasteiger partial charge in [-0.05, 0) is 31.7 Å². The van der Waals surface area contributed by atoms with E-state index < -0.39 is 0 Å². The molecule has 0 spiro atoms. The van der Waals surface area contributed by atoms with Crippen molar-refractivity contribution in [2.75, 3.05) is 6.26 Å². The molecule has 1 aromatic rings. The molecule has 12 heavy (non-hydrogen) atoms. The molecular formula is C9H12ClNS. The van der Waals surface area contributed by atoms with Crippen molar-refractivity contribution in [2.24, 2.45) is 0 Å². The van der Waals surface area contributed by atoms with Crippen molar-refractivity contribution in [1.82, 2.24) is 4.98 Å². The second-order valence-electron chi connectivity index (χ2n) is 3.08. The van der Waals surface area contributed by atoms with Crippen LogP contribution in [0.15, 0.2) is 18.3 Å². The first-order chi connectivity index (χ1) is 5.56. The highest BCUT2D eigenvalue weighted by atomic mass is 35.5. The number of aromatic nitrogens is 1. The van der Waals surface area contributed by atoms with Crippen molar-refractivity contribution in [1.29, 1.82) is 0 Å². The van der Waals surface area contributed by atoms with Crippen LogP contribution in [0, 0.1) is 0 Å². The third-order valence-corrected chi connectivity index (χ3v) is 3.41. The molecule has 0 atom stereocenters. The SMILES string of the molecule is CSC(C)(C)c1ccc(Cl)nc1. The van der Waals surface area contributed by atoms with Gasteiger partial charge >= 0.3 is 0 Å². The lowest BCUT2D eigenvalue weighted by Gasteiger charge is -2.21. The standard InChI is InChI=1S/C9H12ClNS/c1-9(2,12-3)7-4-5-8(10)11-6-7/h4-6H,1-3H3. The summed E-state index contributed by atoms with van der Waals surface area (Å²) >= 11 is 7.49. The summed E-state index contributed by atoms with van der Waals surface area (Å²) in [6.45, 7) is 4.34. The second-order valence-corrected chi connectivity index (χ2v) is 4.90. The number of hydrogen-bond acceptors (Lipinski definition) is 2. The van der Waals surface area contributed by atoms with E-state index in [1.165, 1.54) is 5.56 Å². The summed E-state index contributed by atoms with van der Waals surface area (Å²) in [4.78, 5) is 4.05. The van der Waals surface area contributed by atoms with Gasteiger partial charge in [-0.3, -0.25) is 0 Å². The molecule has 3 heteroatoms. The normalized spacial score (nSPS) is 11.7. The molecule has 0 amide bonds. The highest BCUT2D eigenvalue weighted by Gasteiger charge is 2.18. The van der Waals surface area contributed by atoms with Crippen LogP contribution >= 0.6 is 23.4 Å². The van der Waals surface area contributed by atoms with Gasteiger partial charge in [0.25, 0.3) is 0 Å². The van der Waals surface area contributed by atoms with Gasteiger partial charge < -0.3 is 0 Å². The van der Waals surface area contributed by atoms with E-state index in [2.05, 4.69) is 25.1 Å². The minimum absolute atomic E-state index is 0.123. The van der Waals surface area contributed by atoms with Crippen LogP contribution in [0.25, 0.3) is 0 Å². The number of halogens is 1. The van der Waals surface area contributed by atoms with E-state index in [4.69, 9.17) is 11.6 Å². The molecule has 66 valence electrons. The third-order valence-electron chi connectivity index (χ3n) is 1.93. The molecule has 0 saturated carbocycles. The van der Waals surface area contributed by atoms with Crippen LogP contribution in [-0.2, 0) is 4.75 Å². The van der Waals surface area contributed by atoms with E-state index in [1.807, 2.05) is 18.3 Å². The van der Waals surface area contributed by atoms with Crippen LogP contribution in [0.2, 0.25) is 5.15 Å². The van der Waals surface area contributed by atoms with Crippen molar-refractivity contribution in [3.63, 3.8) is 0 Å². The van der Waals surface area contributed by atoms with Gasteiger partial charge in [0, 0.05) is 10.9 Å². The van der Waals surface area contributed by atoms with Crippen LogP contribution in [0.3, 0.4) is 0 Å². The first-order valence-corrected chi connectivity index (χ1v) is 5.34. The molecule has 0 unspecified atom stereocenters. The average molecular weight is 202 g/mol. The van der Waals surface area contributed by atoms with Crippen LogP contribution in [0.1, 0.15) is 19.4 Å². The summed E-state index contributed by atoms with van der Waals surface area (Å²) in [5.74, 6) is 0. The third kappa shape index (κ3) is 2.14. The van der Waals surface area contributed by atoms with Crippen molar-refractivity contribution in [3.05, 3.63) is 29.0 Å². The van der Waals surface area contributed by atoms with E-state index >= 15 is 0 Å². The fraction of sp³-hybridized carbons (Fsp3) is 0.444. The van der Waals surface area contributed by atoms with E-state index in [0.717, 1.165) is 0 Å². The highest BCUT2D eigenvalue weighted by Crippen LogP contribution is 2.33. The monoisotopic (exact) mass is 201 g/mol. The summed E-state index contributed by atoms with van der Waals surface area (Å²) in [6, 6.07) is 3.85. The Morgan fingerprint density at radius 1 is 1.42 bits per heavy atom. The number of pyridine rings is 1. The van der Waals surface area contributed by atoms with E-state index in [-0.39, 0.29) is 4.75 Å². The summed E-state index contributed by atoms with van der Waals surface area (Å²) in [6.07, 6.45) is 3.92. The molecule has 0 aliphatic heterocycles. The number of rotatable bonds is 2. The Morgan fingerprint density at radius 3 is 2.50 bits per heavy atom. The summed E-state index contributed by atoms with van der Waals surface area (Å²) in [5.41, 5.74) is 1.21. The molecule has 0 fully saturated rings. The molecule has 1 rings (SSSR count). The van der Waals surface area contributed by atoms with Crippen molar-refractivity contribution >= 4 is 23.4 Å². The molecule has 0 aromatic carbocycles. The van der Waals surface area contributed by atoms with E-state index in [1.54, 1.807) is 11.8 Å². The quantitative estimate of drug-likeness (QED) is 0.681. The number of hydrogen-bond donors (Lipinski definition) is 0. The van der Waals surface area contributed by atoms with Gasteiger partial charge in [-0.2, -0.15) is 11.8 Å². The van der Waals surface area contributed by atoms with Crippen LogP contribution in [-0.4, -0.2) is 11.2 Å². The maximum Gasteiger partial charge on any atom is 0.129 e. The Balaban J connectivity index is 2.96.